The number of pyridine rings is 1. The molecule has 0 radical (unpaired) electrons. The quantitative estimate of drug-likeness (QED) is 0.0148. The van der Waals surface area contributed by atoms with Crippen molar-refractivity contribution >= 4 is 66.2 Å². The van der Waals surface area contributed by atoms with Crippen LogP contribution in [0.4, 0.5) is 0 Å². The summed E-state index contributed by atoms with van der Waals surface area (Å²) in [5.41, 5.74) is 1.46. The van der Waals surface area contributed by atoms with E-state index in [0.717, 1.165) is 127 Å². The molecule has 0 fully saturated rings. The van der Waals surface area contributed by atoms with E-state index in [1.54, 1.807) is 0 Å². The fraction of sp³-hybridized carbons (Fsp3) is 0.848. The first-order valence-corrected chi connectivity index (χ1v) is 60.5. The Kier molecular flexibility index (Phi) is 101. The minimum absolute atomic E-state index is 0.0386. The summed E-state index contributed by atoms with van der Waals surface area (Å²) in [5.74, 6) is -6.16. The van der Waals surface area contributed by atoms with E-state index in [2.05, 4.69) is 121 Å². The fourth-order valence-electron chi connectivity index (χ4n) is 15.8. The molecule has 0 spiro atoms. The van der Waals surface area contributed by atoms with Gasteiger partial charge < -0.3 is 51.0 Å². The average molecular weight is 2030 g/mol. The van der Waals surface area contributed by atoms with Gasteiger partial charge in [-0.05, 0) is 83.5 Å². The van der Waals surface area contributed by atoms with Gasteiger partial charge in [-0.2, -0.15) is 0 Å². The lowest BCUT2D eigenvalue weighted by Gasteiger charge is -2.30. The molecule has 24 nitrogen and oxygen atoms in total. The summed E-state index contributed by atoms with van der Waals surface area (Å²) in [6.07, 6.45) is 80.4. The standard InChI is InChI=1S/C22H48N.2C21H38N.3C16H30O7S/c1-5-7-9-11-13-15-17-19-21-23(3,4)22-20-18-16-14-12-10-8-6-2;1-4-5-6-7-8-9-10-11-12-16-19-22(2,3)20-21-17-14-13-15-18-21;1-2-3-4-5-6-7-8-9-10-11-12-13-14-16-19-22-20-17-15-18-21-22;3*1-3-5-7-9-11-22-15(17)13-14(24(19,20)21)16(18)23-12-10-8-6-4-2/h5-22H2,1-4H3;13-15,17-18H,4-12,16,19-20H2,1-3H3;15,17-18,20-21H,2-14,16,19H2,1H3;3*14H,3-13H2,1-2H3,(H,19,20,21)/q3*+1;;;/p-3. The maximum Gasteiger partial charge on any atom is 0.323 e. The van der Waals surface area contributed by atoms with Crippen molar-refractivity contribution in [2.24, 2.45) is 0 Å². The Bertz CT molecular complexity index is 3220. The number of unbranched alkanes of at least 4 members (excludes halogenated alkanes) is 54. The van der Waals surface area contributed by atoms with Gasteiger partial charge in [-0.1, -0.05) is 427 Å². The van der Waals surface area contributed by atoms with Gasteiger partial charge in [-0.15, -0.1) is 0 Å². The predicted molar refractivity (Wildman–Crippen MR) is 568 cm³/mol. The maximum absolute atomic E-state index is 11.8. The van der Waals surface area contributed by atoms with Gasteiger partial charge in [0.2, 0.25) is 0 Å². The Morgan fingerprint density at radius 2 is 0.439 bits per heavy atom. The molecule has 2 rings (SSSR count). The molecule has 1 heterocycles. The molecule has 0 amide bonds. The van der Waals surface area contributed by atoms with Crippen molar-refractivity contribution < 1.29 is 110 Å². The van der Waals surface area contributed by atoms with E-state index >= 15 is 0 Å². The third kappa shape index (κ3) is 99.9. The highest BCUT2D eigenvalue weighted by Crippen LogP contribution is 2.21. The molecule has 0 aliphatic heterocycles. The molecule has 0 saturated heterocycles. The van der Waals surface area contributed by atoms with E-state index in [-0.39, 0.29) is 39.6 Å². The molecule has 0 N–H and O–H groups in total. The number of aromatic nitrogens is 1. The van der Waals surface area contributed by atoms with Gasteiger partial charge in [0.1, 0.15) is 43.4 Å². The van der Waals surface area contributed by atoms with Gasteiger partial charge in [-0.25, -0.2) is 29.8 Å². The molecule has 0 aliphatic carbocycles. The van der Waals surface area contributed by atoms with Gasteiger partial charge in [0, 0.05) is 24.1 Å². The third-order valence-electron chi connectivity index (χ3n) is 24.8. The Morgan fingerprint density at radius 3 is 0.662 bits per heavy atom. The van der Waals surface area contributed by atoms with Gasteiger partial charge in [-0.3, -0.25) is 28.8 Å². The second kappa shape index (κ2) is 100. The first-order chi connectivity index (χ1) is 66.7. The number of nitrogens with zero attached hydrogens (tertiary/aromatic N) is 3. The van der Waals surface area contributed by atoms with E-state index in [4.69, 9.17) is 28.4 Å². The van der Waals surface area contributed by atoms with Crippen LogP contribution in [0.25, 0.3) is 0 Å². The van der Waals surface area contributed by atoms with Crippen molar-refractivity contribution in [1.82, 2.24) is 0 Å². The van der Waals surface area contributed by atoms with Crippen molar-refractivity contribution in [3.05, 3.63) is 66.5 Å². The van der Waals surface area contributed by atoms with Crippen LogP contribution in [0.3, 0.4) is 0 Å². The smallest absolute Gasteiger partial charge is 0.323 e. The summed E-state index contributed by atoms with van der Waals surface area (Å²) < 4.78 is 134. The molecule has 3 atom stereocenters. The van der Waals surface area contributed by atoms with Gasteiger partial charge >= 0.3 is 35.8 Å². The number of carbonyl (C=O) groups is 6. The largest absolute Gasteiger partial charge is 0.747 e. The van der Waals surface area contributed by atoms with Crippen LogP contribution >= 0.6 is 0 Å². The SMILES string of the molecule is CCCCCCCCCCCCCCCC[n+]1ccccc1.CCCCCCCCCCCC[N+](C)(C)Cc1ccccc1.CCCCCCCCCC[N+](C)(C)CCCCCCCCCC.CCCCCCOC(=O)CC(C(=O)OCCCCCC)S(=O)(=O)[O-].CCCCCCOC(=O)CC(C(=O)OCCCCCC)S(=O)(=O)[O-].CCCCCCOC(=O)CC(C(=O)OCCCCCC)S(=O)(=O)[O-]. The minimum atomic E-state index is -4.97. The highest BCUT2D eigenvalue weighted by atomic mass is 32.2. The highest BCUT2D eigenvalue weighted by Gasteiger charge is 2.33. The van der Waals surface area contributed by atoms with Gasteiger partial charge in [0.05, 0.1) is 107 Å². The van der Waals surface area contributed by atoms with Crippen molar-refractivity contribution in [2.75, 3.05) is 87.5 Å². The molecule has 1 aromatic carbocycles. The van der Waals surface area contributed by atoms with Crippen LogP contribution in [-0.2, 0) is 101 Å². The molecule has 0 aliphatic rings. The zero-order valence-corrected chi connectivity index (χ0v) is 93.7. The number of quaternary nitrogens is 2. The Balaban J connectivity index is -0.000000787. The summed E-state index contributed by atoms with van der Waals surface area (Å²) in [7, 11) is -5.32. The van der Waals surface area contributed by atoms with E-state index in [1.165, 1.54) is 293 Å². The highest BCUT2D eigenvalue weighted by molar-refractivity contribution is 7.87. The van der Waals surface area contributed by atoms with Crippen molar-refractivity contribution in [3.63, 3.8) is 0 Å². The molecule has 0 saturated carbocycles. The lowest BCUT2D eigenvalue weighted by Crippen LogP contribution is -2.41. The third-order valence-corrected chi connectivity index (χ3v) is 27.9. The summed E-state index contributed by atoms with van der Waals surface area (Å²) in [5, 5.41) is -6.11. The number of carbonyl (C=O) groups excluding carboxylic acids is 6. The van der Waals surface area contributed by atoms with Crippen LogP contribution in [0.1, 0.15) is 505 Å². The molecule has 0 bridgehead atoms. The normalized spacial score (nSPS) is 12.1. The molecular formula is C112H211N3O21S3. The number of hydrogen-bond acceptors (Lipinski definition) is 21. The zero-order chi connectivity index (χ0) is 104. The second-order valence-corrected chi connectivity index (χ2v) is 44.3. The molecule has 2 aromatic rings. The second-order valence-electron chi connectivity index (χ2n) is 39.6. The fourth-order valence-corrected chi connectivity index (χ4v) is 17.7. The Morgan fingerprint density at radius 1 is 0.252 bits per heavy atom. The van der Waals surface area contributed by atoms with E-state index in [1.807, 2.05) is 41.5 Å². The molecule has 818 valence electrons. The maximum atomic E-state index is 11.8. The van der Waals surface area contributed by atoms with Crippen LogP contribution in [0.2, 0.25) is 0 Å². The number of benzene rings is 1. The summed E-state index contributed by atoms with van der Waals surface area (Å²) >= 11 is 0. The lowest BCUT2D eigenvalue weighted by atomic mass is 10.0. The average Bonchev–Trinajstić information content (AvgIpc) is 0.861. The van der Waals surface area contributed by atoms with Crippen LogP contribution in [-0.4, -0.2) is 187 Å². The molecule has 27 heteroatoms. The monoisotopic (exact) mass is 2030 g/mol. The van der Waals surface area contributed by atoms with Crippen LogP contribution in [0, 0.1) is 0 Å². The van der Waals surface area contributed by atoms with Crippen LogP contribution in [0.15, 0.2) is 60.9 Å². The molecule has 3 unspecified atom stereocenters. The van der Waals surface area contributed by atoms with Gasteiger partial charge in [0.15, 0.2) is 28.1 Å². The Hall–Kier alpha value is -5.16. The predicted octanol–water partition coefficient (Wildman–Crippen LogP) is 27.6. The van der Waals surface area contributed by atoms with E-state index < -0.39 is 101 Å². The number of aryl methyl sites for hydroxylation is 1. The Labute approximate surface area is 852 Å². The first-order valence-electron chi connectivity index (χ1n) is 56.1. The van der Waals surface area contributed by atoms with E-state index in [9.17, 15) is 67.7 Å². The van der Waals surface area contributed by atoms with E-state index in [0.29, 0.717) is 38.5 Å². The number of ether oxygens (including phenoxy) is 6. The summed E-state index contributed by atoms with van der Waals surface area (Å²) in [4.78, 5) is 70.1. The van der Waals surface area contributed by atoms with Crippen molar-refractivity contribution in [3.8, 4) is 0 Å². The number of esters is 6. The number of rotatable bonds is 88. The molecular weight excluding hydrogens is 1820 g/mol. The topological polar surface area (TPSA) is 333 Å². The molecule has 139 heavy (non-hydrogen) atoms. The summed E-state index contributed by atoms with van der Waals surface area (Å²) in [6, 6.07) is 17.2. The lowest BCUT2D eigenvalue weighted by molar-refractivity contribution is -0.903. The van der Waals surface area contributed by atoms with Crippen LogP contribution < -0.4 is 4.57 Å². The zero-order valence-electron chi connectivity index (χ0n) is 91.3. The molecule has 1 aromatic heterocycles. The van der Waals surface area contributed by atoms with Crippen molar-refractivity contribution in [2.45, 2.75) is 528 Å². The summed E-state index contributed by atoms with van der Waals surface area (Å²) in [6.45, 7) is 28.3. The number of hydrogen-bond donors (Lipinski definition) is 0. The van der Waals surface area contributed by atoms with Crippen LogP contribution in [0.5, 0.6) is 0 Å². The van der Waals surface area contributed by atoms with Gasteiger partial charge in [0.25, 0.3) is 0 Å². The van der Waals surface area contributed by atoms with Crippen molar-refractivity contribution in [1.29, 1.82) is 0 Å². The first kappa shape index (κ1) is 140. The minimum Gasteiger partial charge on any atom is -0.747 e.